The van der Waals surface area contributed by atoms with E-state index >= 15 is 0 Å². The van der Waals surface area contributed by atoms with Gasteiger partial charge in [0, 0.05) is 6.54 Å². The van der Waals surface area contributed by atoms with E-state index < -0.39 is 34.5 Å². The van der Waals surface area contributed by atoms with Crippen LogP contribution in [0.3, 0.4) is 0 Å². The van der Waals surface area contributed by atoms with Crippen LogP contribution < -0.4 is 10.7 Å². The van der Waals surface area contributed by atoms with Gasteiger partial charge in [0.15, 0.2) is 5.69 Å². The first-order valence-electron chi connectivity index (χ1n) is 8.60. The van der Waals surface area contributed by atoms with Gasteiger partial charge in [0.2, 0.25) is 11.1 Å². The molecular weight excluding hydrogens is 385 g/mol. The Morgan fingerprint density at radius 2 is 1.69 bits per heavy atom. The fourth-order valence-electron chi connectivity index (χ4n) is 2.99. The average Bonchev–Trinajstić information content (AvgIpc) is 2.71. The third kappa shape index (κ3) is 3.56. The number of aromatic nitrogens is 1. The highest BCUT2D eigenvalue weighted by Crippen LogP contribution is 2.32. The van der Waals surface area contributed by atoms with Crippen LogP contribution >= 0.6 is 0 Å². The van der Waals surface area contributed by atoms with Gasteiger partial charge in [-0.05, 0) is 23.8 Å². The molecule has 146 valence electrons. The molecule has 1 N–H and O–H groups in total. The van der Waals surface area contributed by atoms with Crippen molar-refractivity contribution in [2.24, 2.45) is 0 Å². The predicted octanol–water partition coefficient (Wildman–Crippen LogP) is 4.29. The Morgan fingerprint density at radius 1 is 1.00 bits per heavy atom. The summed E-state index contributed by atoms with van der Waals surface area (Å²) in [5.74, 6) is -0.983. The zero-order valence-electron chi connectivity index (χ0n) is 14.8. The largest absolute Gasteiger partial charge is 0.437 e. The van der Waals surface area contributed by atoms with Crippen LogP contribution in [0.15, 0.2) is 69.9 Å². The zero-order chi connectivity index (χ0) is 20.6. The first-order valence-corrected chi connectivity index (χ1v) is 8.60. The van der Waals surface area contributed by atoms with Crippen LogP contribution in [0.4, 0.5) is 13.2 Å². The Morgan fingerprint density at radius 3 is 2.41 bits per heavy atom. The monoisotopic (exact) mass is 398 g/mol. The second kappa shape index (κ2) is 7.05. The molecule has 0 fully saturated rings. The number of pyridine rings is 1. The van der Waals surface area contributed by atoms with Crippen molar-refractivity contribution in [2.75, 3.05) is 0 Å². The molecule has 2 aromatic heterocycles. The molecule has 0 saturated carbocycles. The van der Waals surface area contributed by atoms with Gasteiger partial charge in [-0.25, -0.2) is 4.98 Å². The van der Waals surface area contributed by atoms with Gasteiger partial charge in [0.25, 0.3) is 5.91 Å². The number of fused-ring (bicyclic) bond motifs is 2. The first kappa shape index (κ1) is 18.7. The molecular formula is C21H13F3N2O3. The van der Waals surface area contributed by atoms with Gasteiger partial charge in [0.1, 0.15) is 5.58 Å². The fourth-order valence-corrected chi connectivity index (χ4v) is 2.99. The number of halogens is 3. The fraction of sp³-hybridized carbons (Fsp3) is 0.0952. The molecule has 1 amide bonds. The number of benzene rings is 2. The van der Waals surface area contributed by atoms with Crippen LogP contribution in [0.1, 0.15) is 21.6 Å². The molecule has 0 radical (unpaired) electrons. The normalized spacial score (nSPS) is 11.7. The lowest BCUT2D eigenvalue weighted by molar-refractivity contribution is -0.141. The van der Waals surface area contributed by atoms with E-state index in [1.807, 2.05) is 0 Å². The van der Waals surface area contributed by atoms with Crippen molar-refractivity contribution in [3.05, 3.63) is 87.7 Å². The second-order valence-corrected chi connectivity index (χ2v) is 6.33. The Bertz CT molecular complexity index is 1280. The number of amides is 1. The van der Waals surface area contributed by atoms with Crippen LogP contribution in [0.25, 0.3) is 22.1 Å². The molecule has 4 rings (SSSR count). The molecule has 0 aliphatic carbocycles. The minimum atomic E-state index is -4.90. The molecule has 0 aliphatic rings. The van der Waals surface area contributed by atoms with E-state index in [0.717, 1.165) is 6.07 Å². The van der Waals surface area contributed by atoms with Crippen molar-refractivity contribution in [1.82, 2.24) is 10.3 Å². The maximum Gasteiger partial charge on any atom is 0.434 e. The standard InChI is InChI=1S/C21H13F3N2O3/c22-21(23,24)18-15(19(28)25-11-12-6-2-1-3-7-12)10-14-17(27)13-8-4-5-9-16(13)29-20(14)26-18/h1-10H,11H2,(H,25,28). The molecule has 2 heterocycles. The highest BCUT2D eigenvalue weighted by molar-refractivity contribution is 5.99. The summed E-state index contributed by atoms with van der Waals surface area (Å²) in [6.07, 6.45) is -4.90. The second-order valence-electron chi connectivity index (χ2n) is 6.33. The highest BCUT2D eigenvalue weighted by atomic mass is 19.4. The van der Waals surface area contributed by atoms with Crippen LogP contribution in [0, 0.1) is 0 Å². The Labute approximate surface area is 161 Å². The number of hydrogen-bond acceptors (Lipinski definition) is 4. The van der Waals surface area contributed by atoms with Gasteiger partial charge < -0.3 is 9.73 Å². The lowest BCUT2D eigenvalue weighted by Crippen LogP contribution is -2.27. The first-order chi connectivity index (χ1) is 13.8. The van der Waals surface area contributed by atoms with E-state index in [1.54, 1.807) is 42.5 Å². The van der Waals surface area contributed by atoms with Gasteiger partial charge in [-0.15, -0.1) is 0 Å². The molecule has 2 aromatic carbocycles. The van der Waals surface area contributed by atoms with Crippen LogP contribution in [-0.2, 0) is 12.7 Å². The highest BCUT2D eigenvalue weighted by Gasteiger charge is 2.38. The smallest absolute Gasteiger partial charge is 0.434 e. The van der Waals surface area contributed by atoms with E-state index in [2.05, 4.69) is 10.3 Å². The maximum atomic E-state index is 13.6. The van der Waals surface area contributed by atoms with E-state index in [0.29, 0.717) is 5.56 Å². The number of nitrogens with one attached hydrogen (secondary N) is 1. The summed E-state index contributed by atoms with van der Waals surface area (Å²) in [6.45, 7) is 0.0291. The molecule has 5 nitrogen and oxygen atoms in total. The van der Waals surface area contributed by atoms with E-state index in [4.69, 9.17) is 4.42 Å². The van der Waals surface area contributed by atoms with Crippen LogP contribution in [-0.4, -0.2) is 10.9 Å². The summed E-state index contributed by atoms with van der Waals surface area (Å²) >= 11 is 0. The number of carbonyl (C=O) groups excluding carboxylic acids is 1. The predicted molar refractivity (Wildman–Crippen MR) is 100 cm³/mol. The molecule has 4 aromatic rings. The molecule has 0 saturated heterocycles. The third-order valence-electron chi connectivity index (χ3n) is 4.38. The van der Waals surface area contributed by atoms with Gasteiger partial charge in [-0.1, -0.05) is 42.5 Å². The quantitative estimate of drug-likeness (QED) is 0.523. The van der Waals surface area contributed by atoms with Crippen molar-refractivity contribution >= 4 is 28.0 Å². The van der Waals surface area contributed by atoms with E-state index in [-0.39, 0.29) is 22.9 Å². The average molecular weight is 398 g/mol. The molecule has 0 atom stereocenters. The number of hydrogen-bond donors (Lipinski definition) is 1. The number of alkyl halides is 3. The Balaban J connectivity index is 1.84. The molecule has 0 spiro atoms. The summed E-state index contributed by atoms with van der Waals surface area (Å²) in [5.41, 5.74) is -2.33. The number of carbonyl (C=O) groups is 1. The molecule has 0 unspecified atom stereocenters. The zero-order valence-corrected chi connectivity index (χ0v) is 14.8. The van der Waals surface area contributed by atoms with Crippen molar-refractivity contribution in [3.63, 3.8) is 0 Å². The lowest BCUT2D eigenvalue weighted by atomic mass is 10.1. The van der Waals surface area contributed by atoms with Gasteiger partial charge >= 0.3 is 6.18 Å². The summed E-state index contributed by atoms with van der Waals surface area (Å²) in [6, 6.07) is 15.8. The number of nitrogens with zero attached hydrogens (tertiary/aromatic N) is 1. The number of rotatable bonds is 3. The van der Waals surface area contributed by atoms with Crippen molar-refractivity contribution in [3.8, 4) is 0 Å². The van der Waals surface area contributed by atoms with Crippen molar-refractivity contribution < 1.29 is 22.4 Å². The van der Waals surface area contributed by atoms with Crippen molar-refractivity contribution in [2.45, 2.75) is 12.7 Å². The van der Waals surface area contributed by atoms with Crippen LogP contribution in [0.2, 0.25) is 0 Å². The summed E-state index contributed by atoms with van der Waals surface area (Å²) < 4.78 is 46.0. The molecule has 8 heteroatoms. The van der Waals surface area contributed by atoms with Crippen LogP contribution in [0.5, 0.6) is 0 Å². The molecule has 29 heavy (non-hydrogen) atoms. The van der Waals surface area contributed by atoms with Gasteiger partial charge in [-0.2, -0.15) is 13.2 Å². The Hall–Kier alpha value is -3.68. The number of para-hydroxylation sites is 1. The summed E-state index contributed by atoms with van der Waals surface area (Å²) in [4.78, 5) is 28.7. The summed E-state index contributed by atoms with van der Waals surface area (Å²) in [7, 11) is 0. The van der Waals surface area contributed by atoms with Gasteiger partial charge in [0.05, 0.1) is 16.3 Å². The third-order valence-corrected chi connectivity index (χ3v) is 4.38. The molecule has 0 bridgehead atoms. The van der Waals surface area contributed by atoms with Gasteiger partial charge in [-0.3, -0.25) is 9.59 Å². The molecule has 0 aliphatic heterocycles. The summed E-state index contributed by atoms with van der Waals surface area (Å²) in [5, 5.41) is 2.44. The van der Waals surface area contributed by atoms with E-state index in [9.17, 15) is 22.8 Å². The lowest BCUT2D eigenvalue weighted by Gasteiger charge is -2.13. The minimum absolute atomic E-state index is 0.0291. The Kier molecular flexibility index (Phi) is 4.54. The topological polar surface area (TPSA) is 72.2 Å². The minimum Gasteiger partial charge on any atom is -0.437 e. The maximum absolute atomic E-state index is 13.6. The van der Waals surface area contributed by atoms with Crippen molar-refractivity contribution in [1.29, 1.82) is 0 Å². The van der Waals surface area contributed by atoms with E-state index in [1.165, 1.54) is 12.1 Å². The SMILES string of the molecule is O=C(NCc1ccccc1)c1cc2c(=O)c3ccccc3oc2nc1C(F)(F)F.